The Kier molecular flexibility index (Phi) is 3.91. The molecule has 3 aromatic rings. The number of aromatic hydroxyl groups is 3. The Bertz CT molecular complexity index is 1760. The number of anilines is 1. The molecule has 4 bridgehead atoms. The Labute approximate surface area is 213 Å². The molecule has 3 aliphatic carbocycles. The van der Waals surface area contributed by atoms with Crippen LogP contribution in [0.5, 0.6) is 17.2 Å². The van der Waals surface area contributed by atoms with Gasteiger partial charge in [0.15, 0.2) is 5.76 Å². The summed E-state index contributed by atoms with van der Waals surface area (Å²) in [6, 6.07) is 8.43. The summed E-state index contributed by atoms with van der Waals surface area (Å²) >= 11 is 0. The van der Waals surface area contributed by atoms with Crippen LogP contribution in [0.15, 0.2) is 53.8 Å². The SMILES string of the molecule is CC1=C(O)C(=O)[C@H]2c3ccccc3[C@@H]3Nc4c(cc(O)c5c4C(=O)c4c(O)ccc(O)c4C5=O)[C@@]2(O)C13O. The normalized spacial score (nSPS) is 28.2. The van der Waals surface area contributed by atoms with E-state index < -0.39 is 80.2 Å². The van der Waals surface area contributed by atoms with Gasteiger partial charge in [-0.3, -0.25) is 14.4 Å². The number of ketones is 3. The zero-order valence-electron chi connectivity index (χ0n) is 19.6. The second kappa shape index (κ2) is 6.60. The Hall–Kier alpha value is -4.67. The Morgan fingerprint density at radius 2 is 1.29 bits per heavy atom. The van der Waals surface area contributed by atoms with Crippen molar-refractivity contribution in [3.63, 3.8) is 0 Å². The number of Topliss-reactive ketones (excluding diaryl/α,β-unsaturated/α-hetero) is 1. The highest BCUT2D eigenvalue weighted by atomic mass is 16.4. The zero-order chi connectivity index (χ0) is 27.0. The summed E-state index contributed by atoms with van der Waals surface area (Å²) in [4.78, 5) is 40.7. The number of hydrogen-bond donors (Lipinski definition) is 7. The molecule has 3 aromatic carbocycles. The summed E-state index contributed by atoms with van der Waals surface area (Å²) in [6.45, 7) is 1.31. The van der Waals surface area contributed by atoms with Gasteiger partial charge >= 0.3 is 0 Å². The first-order valence-electron chi connectivity index (χ1n) is 11.8. The predicted molar refractivity (Wildman–Crippen MR) is 129 cm³/mol. The summed E-state index contributed by atoms with van der Waals surface area (Å²) in [5, 5.41) is 70.1. The maximum Gasteiger partial charge on any atom is 0.207 e. The van der Waals surface area contributed by atoms with E-state index in [1.165, 1.54) is 6.92 Å². The van der Waals surface area contributed by atoms with Gasteiger partial charge in [-0.05, 0) is 36.2 Å². The third-order valence-electron chi connectivity index (χ3n) is 8.53. The molecule has 4 atom stereocenters. The van der Waals surface area contributed by atoms with E-state index in [0.29, 0.717) is 11.1 Å². The number of benzene rings is 3. The van der Waals surface area contributed by atoms with Gasteiger partial charge in [-0.1, -0.05) is 24.3 Å². The van der Waals surface area contributed by atoms with Crippen LogP contribution in [0.25, 0.3) is 0 Å². The molecule has 0 aromatic heterocycles. The Balaban J connectivity index is 1.62. The first-order valence-corrected chi connectivity index (χ1v) is 11.8. The highest BCUT2D eigenvalue weighted by Gasteiger charge is 2.72. The van der Waals surface area contributed by atoms with E-state index >= 15 is 0 Å². The Morgan fingerprint density at radius 1 is 0.737 bits per heavy atom. The van der Waals surface area contributed by atoms with Gasteiger partial charge in [0.2, 0.25) is 17.3 Å². The van der Waals surface area contributed by atoms with Crippen LogP contribution in [-0.4, -0.2) is 53.6 Å². The molecule has 10 heteroatoms. The molecule has 0 saturated heterocycles. The Morgan fingerprint density at radius 3 is 1.92 bits per heavy atom. The van der Waals surface area contributed by atoms with Crippen molar-refractivity contribution in [3.8, 4) is 17.2 Å². The number of allylic oxidation sites excluding steroid dienone is 1. The minimum Gasteiger partial charge on any atom is -0.507 e. The van der Waals surface area contributed by atoms with Crippen LogP contribution in [0.1, 0.15) is 67.4 Å². The third-order valence-corrected chi connectivity index (χ3v) is 8.53. The molecule has 7 rings (SSSR count). The number of carbonyl (C=O) groups is 3. The van der Waals surface area contributed by atoms with Crippen LogP contribution in [0, 0.1) is 0 Å². The second-order valence-corrected chi connectivity index (χ2v) is 10.1. The lowest BCUT2D eigenvalue weighted by Gasteiger charge is -2.61. The van der Waals surface area contributed by atoms with Crippen LogP contribution in [-0.2, 0) is 10.4 Å². The van der Waals surface area contributed by atoms with Crippen LogP contribution in [0.4, 0.5) is 5.69 Å². The first-order chi connectivity index (χ1) is 18.0. The zero-order valence-corrected chi connectivity index (χ0v) is 19.6. The van der Waals surface area contributed by atoms with Gasteiger partial charge in [-0.15, -0.1) is 0 Å². The summed E-state index contributed by atoms with van der Waals surface area (Å²) in [5.41, 5.74) is -6.39. The molecule has 0 saturated carbocycles. The van der Waals surface area contributed by atoms with Crippen LogP contribution in [0.3, 0.4) is 0 Å². The van der Waals surface area contributed by atoms with Crippen molar-refractivity contribution in [1.82, 2.24) is 0 Å². The van der Waals surface area contributed by atoms with Gasteiger partial charge in [-0.25, -0.2) is 0 Å². The second-order valence-electron chi connectivity index (χ2n) is 10.1. The van der Waals surface area contributed by atoms with E-state index in [-0.39, 0.29) is 22.4 Å². The van der Waals surface area contributed by atoms with E-state index in [0.717, 1.165) is 18.2 Å². The van der Waals surface area contributed by atoms with Crippen molar-refractivity contribution in [2.24, 2.45) is 0 Å². The summed E-state index contributed by atoms with van der Waals surface area (Å²) in [6.07, 6.45) is 0. The summed E-state index contributed by atoms with van der Waals surface area (Å²) in [7, 11) is 0. The molecule has 0 fully saturated rings. The van der Waals surface area contributed by atoms with E-state index in [1.54, 1.807) is 24.3 Å². The maximum absolute atomic E-state index is 13.8. The lowest BCUT2D eigenvalue weighted by atomic mass is 9.50. The standard InChI is InChI=1S/C28H19NO9/c1-9-22(33)25(36)20-10-4-2-3-5-11(10)26-27(9,37)28(20,38)12-8-15(32)18-19(21(12)29-26)24(35)17-14(31)7-6-13(30)16(17)23(18)34/h2-8,20,26,29-33,37-38H,1H3/t20-,26+,27?,28+/m1/s1. The summed E-state index contributed by atoms with van der Waals surface area (Å²) < 4.78 is 0. The number of hydrogen-bond acceptors (Lipinski definition) is 10. The van der Waals surface area contributed by atoms with Crippen molar-refractivity contribution in [3.05, 3.63) is 92.7 Å². The summed E-state index contributed by atoms with van der Waals surface area (Å²) in [5.74, 6) is -6.81. The lowest BCUT2D eigenvalue weighted by molar-refractivity contribution is -0.185. The fourth-order valence-corrected chi connectivity index (χ4v) is 6.82. The van der Waals surface area contributed by atoms with Gasteiger partial charge in [0.05, 0.1) is 39.9 Å². The average Bonchev–Trinajstić information content (AvgIpc) is 2.88. The number of rotatable bonds is 0. The lowest BCUT2D eigenvalue weighted by Crippen LogP contribution is -2.69. The number of phenolic OH excluding ortho intramolecular Hbond substituents is 3. The van der Waals surface area contributed by atoms with Crippen molar-refractivity contribution in [1.29, 1.82) is 0 Å². The molecule has 1 aliphatic heterocycles. The molecular weight excluding hydrogens is 494 g/mol. The number of fused-ring (bicyclic) bond motifs is 7. The molecule has 1 unspecified atom stereocenters. The van der Waals surface area contributed by atoms with Crippen molar-refractivity contribution < 1.29 is 45.0 Å². The van der Waals surface area contributed by atoms with Crippen LogP contribution < -0.4 is 5.32 Å². The van der Waals surface area contributed by atoms with E-state index in [2.05, 4.69) is 5.32 Å². The van der Waals surface area contributed by atoms with Gasteiger partial charge < -0.3 is 36.0 Å². The van der Waals surface area contributed by atoms with E-state index in [9.17, 15) is 45.0 Å². The number of carbonyl (C=O) groups excluding carboxylic acids is 3. The van der Waals surface area contributed by atoms with Gasteiger partial charge in [0, 0.05) is 11.1 Å². The van der Waals surface area contributed by atoms with Crippen molar-refractivity contribution in [2.75, 3.05) is 5.32 Å². The molecule has 10 nitrogen and oxygen atoms in total. The number of aliphatic hydroxyl groups excluding tert-OH is 1. The van der Waals surface area contributed by atoms with Crippen molar-refractivity contribution in [2.45, 2.75) is 30.1 Å². The van der Waals surface area contributed by atoms with Gasteiger partial charge in [0.25, 0.3) is 0 Å². The first kappa shape index (κ1) is 22.5. The fraction of sp³-hybridized carbons (Fsp3) is 0.179. The fourth-order valence-electron chi connectivity index (χ4n) is 6.82. The highest BCUT2D eigenvalue weighted by molar-refractivity contribution is 6.33. The third kappa shape index (κ3) is 2.13. The smallest absolute Gasteiger partial charge is 0.207 e. The quantitative estimate of drug-likeness (QED) is 0.172. The minimum atomic E-state index is -2.48. The number of nitrogens with one attached hydrogen (secondary N) is 1. The predicted octanol–water partition coefficient (Wildman–Crippen LogP) is 2.18. The minimum absolute atomic E-state index is 0.122. The molecule has 38 heavy (non-hydrogen) atoms. The molecule has 190 valence electrons. The topological polar surface area (TPSA) is 185 Å². The van der Waals surface area contributed by atoms with Gasteiger partial charge in [-0.2, -0.15) is 0 Å². The van der Waals surface area contributed by atoms with Crippen LogP contribution >= 0.6 is 0 Å². The van der Waals surface area contributed by atoms with Crippen molar-refractivity contribution >= 4 is 23.0 Å². The van der Waals surface area contributed by atoms with E-state index in [1.807, 2.05) is 0 Å². The van der Waals surface area contributed by atoms with E-state index in [4.69, 9.17) is 0 Å². The number of aliphatic hydroxyl groups is 3. The molecule has 0 amide bonds. The largest absolute Gasteiger partial charge is 0.507 e. The molecule has 0 radical (unpaired) electrons. The molecular formula is C28H19NO9. The monoisotopic (exact) mass is 513 g/mol. The van der Waals surface area contributed by atoms with Gasteiger partial charge in [0.1, 0.15) is 28.5 Å². The molecule has 7 N–H and O–H groups in total. The molecule has 4 aliphatic rings. The molecule has 1 heterocycles. The van der Waals surface area contributed by atoms with Crippen LogP contribution in [0.2, 0.25) is 0 Å². The highest BCUT2D eigenvalue weighted by Crippen LogP contribution is 2.66. The maximum atomic E-state index is 13.8. The number of phenols is 3. The molecule has 0 spiro atoms. The average molecular weight is 513 g/mol.